The quantitative estimate of drug-likeness (QED) is 0.161. The summed E-state index contributed by atoms with van der Waals surface area (Å²) in [6, 6.07) is 72.0. The molecule has 3 nitrogen and oxygen atoms in total. The minimum atomic E-state index is 0.895. The van der Waals surface area contributed by atoms with Crippen molar-refractivity contribution in [3.8, 4) is 44.5 Å². The molecule has 3 heteroatoms. The smallest absolute Gasteiger partial charge is 0.143 e. The summed E-state index contributed by atoms with van der Waals surface area (Å²) in [7, 11) is 0. The fraction of sp³-hybridized carbons (Fsp3) is 0.0345. The third kappa shape index (κ3) is 6.05. The van der Waals surface area contributed by atoms with Crippen LogP contribution in [0.25, 0.3) is 94.3 Å². The Morgan fingerprint density at radius 3 is 1.93 bits per heavy atom. The number of fused-ring (bicyclic) bond motifs is 8. The molecule has 0 atom stereocenters. The summed E-state index contributed by atoms with van der Waals surface area (Å²) in [5.41, 5.74) is 16.3. The number of furan rings is 2. The Kier molecular flexibility index (Phi) is 8.31. The largest absolute Gasteiger partial charge is 0.460 e. The molecule has 288 valence electrons. The Morgan fingerprint density at radius 1 is 0.393 bits per heavy atom. The molecular formula is C58H39NO2. The second-order valence-corrected chi connectivity index (χ2v) is 15.9. The van der Waals surface area contributed by atoms with Crippen LogP contribution >= 0.6 is 0 Å². The van der Waals surface area contributed by atoms with Crippen LogP contribution in [0.15, 0.2) is 215 Å². The van der Waals surface area contributed by atoms with E-state index in [4.69, 9.17) is 8.83 Å². The van der Waals surface area contributed by atoms with Gasteiger partial charge in [0.25, 0.3) is 0 Å². The van der Waals surface area contributed by atoms with Crippen molar-refractivity contribution in [2.24, 2.45) is 0 Å². The van der Waals surface area contributed by atoms with E-state index in [2.05, 4.69) is 205 Å². The molecule has 0 spiro atoms. The number of hydrogen-bond acceptors (Lipinski definition) is 3. The van der Waals surface area contributed by atoms with Gasteiger partial charge in [0.05, 0.1) is 0 Å². The number of anilines is 3. The summed E-state index contributed by atoms with van der Waals surface area (Å²) in [5, 5.41) is 5.87. The normalized spacial score (nSPS) is 12.4. The van der Waals surface area contributed by atoms with Crippen molar-refractivity contribution < 1.29 is 8.83 Å². The number of aryl methyl sites for hydroxylation is 1. The highest BCUT2D eigenvalue weighted by molar-refractivity contribution is 6.12. The van der Waals surface area contributed by atoms with E-state index in [1.54, 1.807) is 0 Å². The van der Waals surface area contributed by atoms with Gasteiger partial charge in [-0.2, -0.15) is 0 Å². The first-order valence-corrected chi connectivity index (χ1v) is 21.0. The first kappa shape index (κ1) is 35.1. The number of rotatable bonds is 7. The van der Waals surface area contributed by atoms with Crippen molar-refractivity contribution in [2.75, 3.05) is 4.90 Å². The Hall–Kier alpha value is -7.88. The van der Waals surface area contributed by atoms with Crippen LogP contribution in [-0.2, 0) is 6.42 Å². The number of benzene rings is 9. The van der Waals surface area contributed by atoms with Crippen LogP contribution < -0.4 is 4.90 Å². The van der Waals surface area contributed by atoms with Crippen molar-refractivity contribution in [3.63, 3.8) is 0 Å². The van der Waals surface area contributed by atoms with Gasteiger partial charge in [0, 0.05) is 50.8 Å². The summed E-state index contributed by atoms with van der Waals surface area (Å²) in [6.07, 6.45) is 6.46. The van der Waals surface area contributed by atoms with Gasteiger partial charge in [-0.3, -0.25) is 0 Å². The first-order chi connectivity index (χ1) is 30.2. The second kappa shape index (κ2) is 14.4. The predicted molar refractivity (Wildman–Crippen MR) is 255 cm³/mol. The lowest BCUT2D eigenvalue weighted by Crippen LogP contribution is -2.10. The highest BCUT2D eigenvalue weighted by Gasteiger charge is 2.21. The molecule has 2 heterocycles. The summed E-state index contributed by atoms with van der Waals surface area (Å²) >= 11 is 0. The number of hydrogen-bond donors (Lipinski definition) is 0. The van der Waals surface area contributed by atoms with Crippen LogP contribution in [0.1, 0.15) is 17.7 Å². The van der Waals surface area contributed by atoms with E-state index in [1.807, 2.05) is 12.1 Å². The second-order valence-electron chi connectivity index (χ2n) is 15.9. The van der Waals surface area contributed by atoms with E-state index >= 15 is 0 Å². The van der Waals surface area contributed by atoms with E-state index in [1.165, 1.54) is 44.0 Å². The molecule has 0 saturated heterocycles. The molecule has 11 aromatic rings. The topological polar surface area (TPSA) is 29.5 Å². The maximum absolute atomic E-state index is 6.53. The zero-order valence-electron chi connectivity index (χ0n) is 33.4. The maximum Gasteiger partial charge on any atom is 0.143 e. The van der Waals surface area contributed by atoms with Gasteiger partial charge < -0.3 is 13.7 Å². The van der Waals surface area contributed by atoms with Crippen LogP contribution in [0.3, 0.4) is 0 Å². The monoisotopic (exact) mass is 781 g/mol. The van der Waals surface area contributed by atoms with Gasteiger partial charge in [-0.1, -0.05) is 158 Å². The lowest BCUT2D eigenvalue weighted by atomic mass is 9.91. The van der Waals surface area contributed by atoms with Crippen LogP contribution in [0.5, 0.6) is 0 Å². The first-order valence-electron chi connectivity index (χ1n) is 21.0. The third-order valence-corrected chi connectivity index (χ3v) is 12.3. The van der Waals surface area contributed by atoms with Gasteiger partial charge in [-0.25, -0.2) is 0 Å². The maximum atomic E-state index is 6.53. The molecule has 9 aromatic carbocycles. The molecule has 1 aliphatic rings. The van der Waals surface area contributed by atoms with E-state index in [0.29, 0.717) is 0 Å². The third-order valence-electron chi connectivity index (χ3n) is 12.3. The van der Waals surface area contributed by atoms with Crippen molar-refractivity contribution in [3.05, 3.63) is 218 Å². The fourth-order valence-corrected chi connectivity index (χ4v) is 9.38. The van der Waals surface area contributed by atoms with Gasteiger partial charge in [-0.05, 0) is 111 Å². The minimum Gasteiger partial charge on any atom is -0.460 e. The molecule has 0 unspecified atom stereocenters. The van der Waals surface area contributed by atoms with Crippen molar-refractivity contribution in [1.82, 2.24) is 0 Å². The average Bonchev–Trinajstić information content (AvgIpc) is 3.91. The summed E-state index contributed by atoms with van der Waals surface area (Å²) in [4.78, 5) is 2.38. The van der Waals surface area contributed by atoms with E-state index in [0.717, 1.165) is 85.4 Å². The molecular weight excluding hydrogens is 743 g/mol. The molecule has 61 heavy (non-hydrogen) atoms. The Balaban J connectivity index is 1.04. The summed E-state index contributed by atoms with van der Waals surface area (Å²) in [5.74, 6) is 1.08. The fourth-order valence-electron chi connectivity index (χ4n) is 9.38. The van der Waals surface area contributed by atoms with Gasteiger partial charge in [0.15, 0.2) is 0 Å². The van der Waals surface area contributed by atoms with Crippen LogP contribution in [-0.4, -0.2) is 0 Å². The lowest BCUT2D eigenvalue weighted by Gasteiger charge is -2.27. The molecule has 2 aromatic heterocycles. The standard InChI is InChI=1S/C58H39NO2/c1-3-13-38(14-4-1)39-27-30-44(31-28-39)59(45-18-11-17-42(35-45)48-21-12-22-50-49-19-7-9-23-54(49)61-58(48)50)46-32-33-47(52(37-46)40-15-5-2-6-16-40)43-26-25-41-29-34-56-57(53(41)36-43)51-20-8-10-24-55(51)60-56/h1-9,11-23,25-37H,10,24H2. The van der Waals surface area contributed by atoms with Crippen LogP contribution in [0.4, 0.5) is 17.1 Å². The number of para-hydroxylation sites is 2. The van der Waals surface area contributed by atoms with Gasteiger partial charge in [0.2, 0.25) is 0 Å². The van der Waals surface area contributed by atoms with Gasteiger partial charge in [0.1, 0.15) is 22.5 Å². The van der Waals surface area contributed by atoms with E-state index in [9.17, 15) is 0 Å². The van der Waals surface area contributed by atoms with Crippen molar-refractivity contribution >= 4 is 66.8 Å². The average molecular weight is 782 g/mol. The lowest BCUT2D eigenvalue weighted by molar-refractivity contribution is 0.546. The number of nitrogens with zero attached hydrogens (tertiary/aromatic N) is 1. The SMILES string of the molecule is C1=Cc2c(oc3ccc4ccc(-c5ccc(N(c6ccc(-c7ccccc7)cc6)c6cccc(-c7cccc8c7oc7ccccc78)c6)cc5-c5ccccc5)cc4c23)CC1. The Morgan fingerprint density at radius 2 is 1.07 bits per heavy atom. The molecule has 0 fully saturated rings. The Bertz CT molecular complexity index is 3460. The van der Waals surface area contributed by atoms with Crippen molar-refractivity contribution in [2.45, 2.75) is 12.8 Å². The van der Waals surface area contributed by atoms with Crippen LogP contribution in [0.2, 0.25) is 0 Å². The van der Waals surface area contributed by atoms with Crippen molar-refractivity contribution in [1.29, 1.82) is 0 Å². The molecule has 0 N–H and O–H groups in total. The molecule has 0 amide bonds. The predicted octanol–water partition coefficient (Wildman–Crippen LogP) is 16.6. The molecule has 12 rings (SSSR count). The molecule has 1 aliphatic carbocycles. The van der Waals surface area contributed by atoms with E-state index < -0.39 is 0 Å². The van der Waals surface area contributed by atoms with Crippen LogP contribution in [0, 0.1) is 0 Å². The summed E-state index contributed by atoms with van der Waals surface area (Å²) in [6.45, 7) is 0. The molecule has 0 bridgehead atoms. The zero-order chi connectivity index (χ0) is 40.3. The van der Waals surface area contributed by atoms with Gasteiger partial charge >= 0.3 is 0 Å². The molecule has 0 saturated carbocycles. The highest BCUT2D eigenvalue weighted by Crippen LogP contribution is 2.45. The summed E-state index contributed by atoms with van der Waals surface area (Å²) < 4.78 is 12.9. The number of allylic oxidation sites excluding steroid dienone is 1. The minimum absolute atomic E-state index is 0.895. The molecule has 0 aliphatic heterocycles. The Labute approximate surface area is 354 Å². The molecule has 0 radical (unpaired) electrons. The zero-order valence-corrected chi connectivity index (χ0v) is 33.4. The van der Waals surface area contributed by atoms with Gasteiger partial charge in [-0.15, -0.1) is 0 Å². The highest BCUT2D eigenvalue weighted by atomic mass is 16.3. The van der Waals surface area contributed by atoms with E-state index in [-0.39, 0.29) is 0 Å².